The highest BCUT2D eigenvalue weighted by molar-refractivity contribution is 5.95. The number of carbonyl (C=O) groups excluding carboxylic acids is 1. The molecule has 0 fully saturated rings. The molecule has 0 aliphatic heterocycles. The Kier molecular flexibility index (Phi) is 4.73. The predicted octanol–water partition coefficient (Wildman–Crippen LogP) is 1.41. The van der Waals surface area contributed by atoms with Crippen LogP contribution < -0.4 is 11.1 Å². The van der Waals surface area contributed by atoms with Gasteiger partial charge in [0, 0.05) is 5.56 Å². The number of nitrogens with one attached hydrogen (secondary N) is 1. The number of hydrogen-bond donors (Lipinski definition) is 3. The number of rotatable bonds is 6. The second-order valence-electron chi connectivity index (χ2n) is 4.45. The molecule has 2 aromatic rings. The van der Waals surface area contributed by atoms with Crippen molar-refractivity contribution in [3.05, 3.63) is 59.0 Å². The lowest BCUT2D eigenvalue weighted by atomic mass is 10.0. The van der Waals surface area contributed by atoms with Crippen molar-refractivity contribution in [2.24, 2.45) is 5.73 Å². The van der Waals surface area contributed by atoms with Crippen molar-refractivity contribution in [3.8, 4) is 0 Å². The third kappa shape index (κ3) is 3.70. The highest BCUT2D eigenvalue weighted by atomic mass is 16.4. The maximum Gasteiger partial charge on any atom is 0.371 e. The van der Waals surface area contributed by atoms with Crippen LogP contribution in [0.15, 0.2) is 40.8 Å². The maximum absolute atomic E-state index is 12.1. The number of aromatic carboxylic acids is 1. The number of hydrogen-bond acceptors (Lipinski definition) is 4. The van der Waals surface area contributed by atoms with Crippen LogP contribution in [0.2, 0.25) is 0 Å². The summed E-state index contributed by atoms with van der Waals surface area (Å²) in [6.45, 7) is 0.591. The fourth-order valence-corrected chi connectivity index (χ4v) is 1.97. The zero-order valence-electron chi connectivity index (χ0n) is 11.3. The Labute approximate surface area is 121 Å². The van der Waals surface area contributed by atoms with Crippen molar-refractivity contribution < 1.29 is 19.1 Å². The summed E-state index contributed by atoms with van der Waals surface area (Å²) in [7, 11) is 0. The normalized spacial score (nSPS) is 10.3. The molecule has 0 aliphatic carbocycles. The Balaban J connectivity index is 2.02. The summed E-state index contributed by atoms with van der Waals surface area (Å²) < 4.78 is 5.07. The van der Waals surface area contributed by atoms with Gasteiger partial charge in [0.1, 0.15) is 5.76 Å². The molecule has 110 valence electrons. The second kappa shape index (κ2) is 6.71. The van der Waals surface area contributed by atoms with E-state index < -0.39 is 5.97 Å². The van der Waals surface area contributed by atoms with E-state index in [1.54, 1.807) is 12.1 Å². The van der Waals surface area contributed by atoms with Gasteiger partial charge in [-0.2, -0.15) is 0 Å². The molecule has 0 saturated carbocycles. The minimum absolute atomic E-state index is 0.128. The van der Waals surface area contributed by atoms with E-state index in [4.69, 9.17) is 15.3 Å². The average Bonchev–Trinajstić information content (AvgIpc) is 2.95. The number of nitrogens with two attached hydrogens (primary N) is 1. The molecular weight excluding hydrogens is 272 g/mol. The number of carboxylic acids is 1. The summed E-state index contributed by atoms with van der Waals surface area (Å²) >= 11 is 0. The molecule has 1 aromatic heterocycles. The number of furan rings is 1. The Morgan fingerprint density at radius 2 is 1.95 bits per heavy atom. The van der Waals surface area contributed by atoms with Gasteiger partial charge in [0.25, 0.3) is 5.91 Å². The van der Waals surface area contributed by atoms with Crippen LogP contribution in [0.1, 0.15) is 32.2 Å². The fourth-order valence-electron chi connectivity index (χ4n) is 1.97. The molecule has 0 bridgehead atoms. The molecule has 6 nitrogen and oxygen atoms in total. The lowest BCUT2D eigenvalue weighted by molar-refractivity contribution is 0.0660. The van der Waals surface area contributed by atoms with Crippen LogP contribution in [0.3, 0.4) is 0 Å². The van der Waals surface area contributed by atoms with Gasteiger partial charge < -0.3 is 20.6 Å². The van der Waals surface area contributed by atoms with Crippen molar-refractivity contribution in [2.75, 3.05) is 6.54 Å². The first-order valence-corrected chi connectivity index (χ1v) is 6.50. The molecule has 2 rings (SSSR count). The third-order valence-electron chi connectivity index (χ3n) is 2.97. The zero-order valence-corrected chi connectivity index (χ0v) is 11.3. The Morgan fingerprint density at radius 1 is 1.19 bits per heavy atom. The zero-order chi connectivity index (χ0) is 15.2. The Bertz CT molecular complexity index is 649. The van der Waals surface area contributed by atoms with E-state index in [0.717, 1.165) is 5.56 Å². The van der Waals surface area contributed by atoms with Crippen LogP contribution in [0.5, 0.6) is 0 Å². The molecule has 0 spiro atoms. The van der Waals surface area contributed by atoms with E-state index in [2.05, 4.69) is 5.32 Å². The molecule has 0 aliphatic rings. The quantitative estimate of drug-likeness (QED) is 0.745. The first-order chi connectivity index (χ1) is 10.1. The van der Waals surface area contributed by atoms with E-state index in [-0.39, 0.29) is 18.2 Å². The van der Waals surface area contributed by atoms with Crippen LogP contribution in [0.25, 0.3) is 0 Å². The monoisotopic (exact) mass is 288 g/mol. The fraction of sp³-hybridized carbons (Fsp3) is 0.200. The summed E-state index contributed by atoms with van der Waals surface area (Å²) in [6.07, 6.45) is 0.619. The summed E-state index contributed by atoms with van der Waals surface area (Å²) in [5, 5.41) is 11.5. The lowest BCUT2D eigenvalue weighted by Crippen LogP contribution is -2.24. The highest BCUT2D eigenvalue weighted by Gasteiger charge is 2.12. The van der Waals surface area contributed by atoms with Gasteiger partial charge in [-0.1, -0.05) is 18.2 Å². The molecule has 4 N–H and O–H groups in total. The SMILES string of the molecule is NCCc1ccccc1C(=O)NCc1ccc(C(=O)O)o1. The molecule has 0 saturated heterocycles. The average molecular weight is 288 g/mol. The molecule has 1 aromatic carbocycles. The Morgan fingerprint density at radius 3 is 2.62 bits per heavy atom. The van der Waals surface area contributed by atoms with Gasteiger partial charge in [-0.3, -0.25) is 4.79 Å². The molecule has 0 radical (unpaired) electrons. The van der Waals surface area contributed by atoms with Crippen LogP contribution in [0, 0.1) is 0 Å². The maximum atomic E-state index is 12.1. The van der Waals surface area contributed by atoms with Gasteiger partial charge in [0.05, 0.1) is 6.54 Å². The van der Waals surface area contributed by atoms with Crippen molar-refractivity contribution in [1.29, 1.82) is 0 Å². The number of amides is 1. The van der Waals surface area contributed by atoms with E-state index in [1.165, 1.54) is 12.1 Å². The van der Waals surface area contributed by atoms with E-state index in [9.17, 15) is 9.59 Å². The smallest absolute Gasteiger partial charge is 0.371 e. The van der Waals surface area contributed by atoms with E-state index in [0.29, 0.717) is 24.3 Å². The minimum Gasteiger partial charge on any atom is -0.475 e. The summed E-state index contributed by atoms with van der Waals surface area (Å²) in [5.41, 5.74) is 6.96. The molecule has 1 heterocycles. The molecular formula is C15H16N2O4. The number of carbonyl (C=O) groups is 2. The standard InChI is InChI=1S/C15H16N2O4/c16-8-7-10-3-1-2-4-12(10)14(18)17-9-11-5-6-13(21-11)15(19)20/h1-6H,7-9,16H2,(H,17,18)(H,19,20). The third-order valence-corrected chi connectivity index (χ3v) is 2.97. The molecule has 21 heavy (non-hydrogen) atoms. The largest absolute Gasteiger partial charge is 0.475 e. The summed E-state index contributed by atoms with van der Waals surface area (Å²) in [5.74, 6) is -1.15. The van der Waals surface area contributed by atoms with Crippen LogP contribution in [0.4, 0.5) is 0 Å². The molecule has 1 amide bonds. The topological polar surface area (TPSA) is 106 Å². The molecule has 6 heteroatoms. The van der Waals surface area contributed by atoms with Crippen molar-refractivity contribution in [3.63, 3.8) is 0 Å². The van der Waals surface area contributed by atoms with Crippen LogP contribution in [-0.2, 0) is 13.0 Å². The lowest BCUT2D eigenvalue weighted by Gasteiger charge is -2.08. The number of carboxylic acid groups (broad SMARTS) is 1. The van der Waals surface area contributed by atoms with Gasteiger partial charge in [-0.25, -0.2) is 4.79 Å². The van der Waals surface area contributed by atoms with Gasteiger partial charge in [-0.15, -0.1) is 0 Å². The molecule has 0 atom stereocenters. The van der Waals surface area contributed by atoms with Crippen molar-refractivity contribution in [1.82, 2.24) is 5.32 Å². The summed E-state index contributed by atoms with van der Waals surface area (Å²) in [4.78, 5) is 22.8. The second-order valence-corrected chi connectivity index (χ2v) is 4.45. The Hall–Kier alpha value is -2.60. The van der Waals surface area contributed by atoms with Gasteiger partial charge in [0.2, 0.25) is 5.76 Å². The van der Waals surface area contributed by atoms with Crippen molar-refractivity contribution >= 4 is 11.9 Å². The van der Waals surface area contributed by atoms with E-state index in [1.807, 2.05) is 12.1 Å². The van der Waals surface area contributed by atoms with Crippen LogP contribution >= 0.6 is 0 Å². The van der Waals surface area contributed by atoms with Crippen LogP contribution in [-0.4, -0.2) is 23.5 Å². The first-order valence-electron chi connectivity index (χ1n) is 6.50. The van der Waals surface area contributed by atoms with E-state index >= 15 is 0 Å². The van der Waals surface area contributed by atoms with Gasteiger partial charge >= 0.3 is 5.97 Å². The van der Waals surface area contributed by atoms with Gasteiger partial charge in [0.15, 0.2) is 0 Å². The predicted molar refractivity (Wildman–Crippen MR) is 76.0 cm³/mol. The minimum atomic E-state index is -1.14. The number of benzene rings is 1. The highest BCUT2D eigenvalue weighted by Crippen LogP contribution is 2.11. The summed E-state index contributed by atoms with van der Waals surface area (Å²) in [6, 6.07) is 10.1. The van der Waals surface area contributed by atoms with Crippen molar-refractivity contribution in [2.45, 2.75) is 13.0 Å². The van der Waals surface area contributed by atoms with Gasteiger partial charge in [-0.05, 0) is 36.7 Å². The molecule has 0 unspecified atom stereocenters. The first kappa shape index (κ1) is 14.8.